The molecule has 2 aliphatic carbocycles. The Morgan fingerprint density at radius 1 is 1.00 bits per heavy atom. The van der Waals surface area contributed by atoms with E-state index in [2.05, 4.69) is 29.6 Å². The quantitative estimate of drug-likeness (QED) is 0.633. The molecule has 2 atom stereocenters. The van der Waals surface area contributed by atoms with Crippen LogP contribution in [0.5, 0.6) is 0 Å². The van der Waals surface area contributed by atoms with Gasteiger partial charge in [-0.1, -0.05) is 48.5 Å². The topological polar surface area (TPSA) is 105 Å². The van der Waals surface area contributed by atoms with Gasteiger partial charge < -0.3 is 24.8 Å². The molecule has 1 heterocycles. The fourth-order valence-electron chi connectivity index (χ4n) is 5.66. The molecule has 8 nitrogen and oxygen atoms in total. The largest absolute Gasteiger partial charge is 0.481 e. The fourth-order valence-corrected chi connectivity index (χ4v) is 5.66. The monoisotopic (exact) mass is 478 g/mol. The summed E-state index contributed by atoms with van der Waals surface area (Å²) in [4.78, 5) is 38.0. The van der Waals surface area contributed by atoms with Crippen LogP contribution in [0.3, 0.4) is 0 Å². The third kappa shape index (κ3) is 4.62. The third-order valence-corrected chi connectivity index (χ3v) is 7.60. The Bertz CT molecular complexity index is 1080. The summed E-state index contributed by atoms with van der Waals surface area (Å²) in [7, 11) is 1.47. The first kappa shape index (κ1) is 23.4. The van der Waals surface area contributed by atoms with Gasteiger partial charge in [-0.05, 0) is 41.0 Å². The van der Waals surface area contributed by atoms with E-state index in [1.807, 2.05) is 24.3 Å². The van der Waals surface area contributed by atoms with Gasteiger partial charge in [0, 0.05) is 38.6 Å². The molecular weight excluding hydrogens is 448 g/mol. The minimum Gasteiger partial charge on any atom is -0.481 e. The van der Waals surface area contributed by atoms with Crippen LogP contribution in [0.25, 0.3) is 11.1 Å². The first-order valence-electron chi connectivity index (χ1n) is 12.1. The first-order chi connectivity index (χ1) is 16.9. The van der Waals surface area contributed by atoms with E-state index in [-0.39, 0.29) is 36.9 Å². The standard InChI is InChI=1S/C27H30N2O6/c1-34-24-14-29(13-22(24)26(31)32)25(30)12-16-10-17(11-16)28-27(33)35-15-23-20-8-4-2-6-18(20)19-7-3-5-9-21(19)23/h2-9,16-17,22-24H,10-15H2,1H3,(H,28,33)(H,31,32). The van der Waals surface area contributed by atoms with Crippen molar-refractivity contribution in [2.45, 2.75) is 37.3 Å². The lowest BCUT2D eigenvalue weighted by Crippen LogP contribution is -2.46. The summed E-state index contributed by atoms with van der Waals surface area (Å²) in [6.07, 6.45) is 0.861. The van der Waals surface area contributed by atoms with Crippen LogP contribution in [-0.4, -0.2) is 66.9 Å². The molecule has 1 saturated carbocycles. The second-order valence-corrected chi connectivity index (χ2v) is 9.73. The average Bonchev–Trinajstić information content (AvgIpc) is 3.41. The maximum absolute atomic E-state index is 12.6. The molecule has 2 N–H and O–H groups in total. The van der Waals surface area contributed by atoms with Crippen molar-refractivity contribution < 1.29 is 29.0 Å². The molecule has 8 heteroatoms. The summed E-state index contributed by atoms with van der Waals surface area (Å²) >= 11 is 0. The normalized spacial score (nSPS) is 24.9. The number of carboxylic acid groups (broad SMARTS) is 1. The molecule has 0 bridgehead atoms. The summed E-state index contributed by atoms with van der Waals surface area (Å²) in [6, 6.07) is 16.4. The lowest BCUT2D eigenvalue weighted by molar-refractivity contribution is -0.144. The molecular formula is C27H30N2O6. The molecule has 2 amide bonds. The Hall–Kier alpha value is -3.39. The zero-order valence-electron chi connectivity index (χ0n) is 19.7. The molecule has 2 fully saturated rings. The number of alkyl carbamates (subject to hydrolysis) is 1. The maximum atomic E-state index is 12.6. The summed E-state index contributed by atoms with van der Waals surface area (Å²) < 4.78 is 10.8. The van der Waals surface area contributed by atoms with Gasteiger partial charge in [-0.15, -0.1) is 0 Å². The molecule has 0 spiro atoms. The van der Waals surface area contributed by atoms with Gasteiger partial charge in [-0.3, -0.25) is 9.59 Å². The lowest BCUT2D eigenvalue weighted by Gasteiger charge is -2.36. The number of hydrogen-bond acceptors (Lipinski definition) is 5. The molecule has 35 heavy (non-hydrogen) atoms. The van der Waals surface area contributed by atoms with E-state index in [1.165, 1.54) is 29.4 Å². The molecule has 0 radical (unpaired) electrons. The van der Waals surface area contributed by atoms with E-state index < -0.39 is 24.1 Å². The summed E-state index contributed by atoms with van der Waals surface area (Å²) in [5.74, 6) is -1.49. The van der Waals surface area contributed by atoms with E-state index in [4.69, 9.17) is 9.47 Å². The minimum absolute atomic E-state index is 0.0134. The highest BCUT2D eigenvalue weighted by molar-refractivity contribution is 5.80. The second kappa shape index (κ2) is 9.70. The SMILES string of the molecule is COC1CN(C(=O)CC2CC(NC(=O)OCC3c4ccccc4-c4ccccc43)C2)CC1C(=O)O. The summed E-state index contributed by atoms with van der Waals surface area (Å²) in [5, 5.41) is 12.2. The van der Waals surface area contributed by atoms with Crippen molar-refractivity contribution in [1.29, 1.82) is 0 Å². The van der Waals surface area contributed by atoms with E-state index >= 15 is 0 Å². The number of amides is 2. The number of methoxy groups -OCH3 is 1. The van der Waals surface area contributed by atoms with Gasteiger partial charge in [0.15, 0.2) is 0 Å². The molecule has 2 unspecified atom stereocenters. The fraction of sp³-hybridized carbons (Fsp3) is 0.444. The molecule has 1 saturated heterocycles. The number of carbonyl (C=O) groups is 3. The molecule has 2 aromatic carbocycles. The van der Waals surface area contributed by atoms with Crippen molar-refractivity contribution in [1.82, 2.24) is 10.2 Å². The van der Waals surface area contributed by atoms with Gasteiger partial charge in [0.25, 0.3) is 0 Å². The highest BCUT2D eigenvalue weighted by Gasteiger charge is 2.41. The number of ether oxygens (including phenoxy) is 2. The van der Waals surface area contributed by atoms with Crippen LogP contribution in [0, 0.1) is 11.8 Å². The van der Waals surface area contributed by atoms with Crippen molar-refractivity contribution in [3.63, 3.8) is 0 Å². The molecule has 5 rings (SSSR count). The highest BCUT2D eigenvalue weighted by atomic mass is 16.5. The number of likely N-dealkylation sites (tertiary alicyclic amines) is 1. The van der Waals surface area contributed by atoms with E-state index in [9.17, 15) is 19.5 Å². The van der Waals surface area contributed by atoms with Gasteiger partial charge >= 0.3 is 12.1 Å². The Morgan fingerprint density at radius 2 is 1.63 bits per heavy atom. The van der Waals surface area contributed by atoms with Gasteiger partial charge in [0.1, 0.15) is 12.5 Å². The molecule has 2 aromatic rings. The molecule has 1 aliphatic heterocycles. The Balaban J connectivity index is 1.07. The number of hydrogen-bond donors (Lipinski definition) is 2. The number of aliphatic carboxylic acids is 1. The van der Waals surface area contributed by atoms with Gasteiger partial charge in [0.05, 0.1) is 6.10 Å². The predicted octanol–water partition coefficient (Wildman–Crippen LogP) is 3.25. The Morgan fingerprint density at radius 3 is 2.20 bits per heavy atom. The lowest BCUT2D eigenvalue weighted by atomic mass is 9.78. The van der Waals surface area contributed by atoms with Gasteiger partial charge in [-0.25, -0.2) is 4.79 Å². The van der Waals surface area contributed by atoms with Crippen LogP contribution in [-0.2, 0) is 19.1 Å². The van der Waals surface area contributed by atoms with Crippen LogP contribution in [0.4, 0.5) is 4.79 Å². The molecule has 0 aromatic heterocycles. The van der Waals surface area contributed by atoms with Crippen molar-refractivity contribution >= 4 is 18.0 Å². The van der Waals surface area contributed by atoms with E-state index in [1.54, 1.807) is 4.90 Å². The number of benzene rings is 2. The van der Waals surface area contributed by atoms with Crippen LogP contribution in [0.2, 0.25) is 0 Å². The maximum Gasteiger partial charge on any atom is 0.407 e. The number of nitrogens with zero attached hydrogens (tertiary/aromatic N) is 1. The van der Waals surface area contributed by atoms with Crippen LogP contribution in [0.1, 0.15) is 36.3 Å². The minimum atomic E-state index is -0.942. The molecule has 3 aliphatic rings. The number of fused-ring (bicyclic) bond motifs is 3. The Labute approximate surface area is 204 Å². The van der Waals surface area contributed by atoms with Gasteiger partial charge in [0.2, 0.25) is 5.91 Å². The number of carbonyl (C=O) groups excluding carboxylic acids is 2. The van der Waals surface area contributed by atoms with E-state index in [0.717, 1.165) is 0 Å². The van der Waals surface area contributed by atoms with Crippen LogP contribution < -0.4 is 5.32 Å². The van der Waals surface area contributed by atoms with Crippen molar-refractivity contribution in [2.75, 3.05) is 26.8 Å². The first-order valence-corrected chi connectivity index (χ1v) is 12.1. The van der Waals surface area contributed by atoms with E-state index in [0.29, 0.717) is 25.8 Å². The second-order valence-electron chi connectivity index (χ2n) is 9.73. The van der Waals surface area contributed by atoms with Crippen molar-refractivity contribution in [2.24, 2.45) is 11.8 Å². The summed E-state index contributed by atoms with van der Waals surface area (Å²) in [6.45, 7) is 0.760. The van der Waals surface area contributed by atoms with Crippen LogP contribution >= 0.6 is 0 Å². The zero-order chi connectivity index (χ0) is 24.5. The van der Waals surface area contributed by atoms with Crippen molar-refractivity contribution in [3.8, 4) is 11.1 Å². The predicted molar refractivity (Wildman–Crippen MR) is 128 cm³/mol. The molecule has 184 valence electrons. The number of rotatable bonds is 7. The number of nitrogens with one attached hydrogen (secondary N) is 1. The smallest absolute Gasteiger partial charge is 0.407 e. The Kier molecular flexibility index (Phi) is 6.47. The summed E-state index contributed by atoms with van der Waals surface area (Å²) in [5.41, 5.74) is 4.72. The highest BCUT2D eigenvalue weighted by Crippen LogP contribution is 2.44. The average molecular weight is 479 g/mol. The zero-order valence-corrected chi connectivity index (χ0v) is 19.7. The number of carboxylic acids is 1. The van der Waals surface area contributed by atoms with Crippen LogP contribution in [0.15, 0.2) is 48.5 Å². The third-order valence-electron chi connectivity index (χ3n) is 7.60. The van der Waals surface area contributed by atoms with Crippen molar-refractivity contribution in [3.05, 3.63) is 59.7 Å². The van der Waals surface area contributed by atoms with Gasteiger partial charge in [-0.2, -0.15) is 0 Å².